The number of benzene rings is 2. The molecule has 10 heteroatoms. The summed E-state index contributed by atoms with van der Waals surface area (Å²) in [5.74, 6) is -1.88. The summed E-state index contributed by atoms with van der Waals surface area (Å²) in [5, 5.41) is 13.7. The number of para-hydroxylation sites is 2. The Morgan fingerprint density at radius 1 is 1.25 bits per heavy atom. The number of nitrogens with zero attached hydrogens (tertiary/aromatic N) is 2. The molecule has 1 heterocycles. The molecule has 0 aliphatic carbocycles. The number of carbonyl (C=O) groups excluding carboxylic acids is 3. The Labute approximate surface area is 158 Å². The molecule has 2 aromatic rings. The van der Waals surface area contributed by atoms with E-state index in [1.165, 1.54) is 24.1 Å². The van der Waals surface area contributed by atoms with Gasteiger partial charge in [-0.2, -0.15) is 0 Å². The van der Waals surface area contributed by atoms with E-state index in [1.54, 1.807) is 24.3 Å². The molecular weight excluding hydrogens is 370 g/mol. The highest BCUT2D eigenvalue weighted by Crippen LogP contribution is 2.29. The van der Waals surface area contributed by atoms with Gasteiger partial charge in [-0.25, -0.2) is 4.79 Å². The molecule has 0 aromatic heterocycles. The van der Waals surface area contributed by atoms with E-state index in [0.29, 0.717) is 11.4 Å². The molecule has 3 rings (SSSR count). The van der Waals surface area contributed by atoms with Gasteiger partial charge in [0.1, 0.15) is 6.54 Å². The third kappa shape index (κ3) is 3.75. The first-order valence-corrected chi connectivity index (χ1v) is 8.09. The van der Waals surface area contributed by atoms with Crippen LogP contribution in [-0.2, 0) is 14.3 Å². The lowest BCUT2D eigenvalue weighted by Gasteiger charge is -2.28. The van der Waals surface area contributed by atoms with E-state index in [0.717, 1.165) is 6.07 Å². The van der Waals surface area contributed by atoms with E-state index in [4.69, 9.17) is 9.47 Å². The molecule has 144 valence electrons. The number of hydrogen-bond donors (Lipinski definition) is 1. The molecule has 0 unspecified atom stereocenters. The Morgan fingerprint density at radius 3 is 2.71 bits per heavy atom. The van der Waals surface area contributed by atoms with Crippen LogP contribution in [0.25, 0.3) is 0 Å². The minimum Gasteiger partial charge on any atom is -0.490 e. The molecule has 28 heavy (non-hydrogen) atoms. The van der Waals surface area contributed by atoms with Crippen LogP contribution in [-0.4, -0.2) is 43.0 Å². The number of nitrogens with one attached hydrogen (secondary N) is 1. The van der Waals surface area contributed by atoms with Gasteiger partial charge >= 0.3 is 11.7 Å². The number of fused-ring (bicyclic) bond motifs is 1. The largest absolute Gasteiger partial charge is 0.490 e. The number of nitro benzene ring substituents is 1. The number of hydrogen-bond acceptors (Lipinski definition) is 7. The zero-order valence-corrected chi connectivity index (χ0v) is 14.7. The van der Waals surface area contributed by atoms with Crippen molar-refractivity contribution in [3.05, 3.63) is 58.1 Å². The van der Waals surface area contributed by atoms with Crippen LogP contribution in [0.2, 0.25) is 0 Å². The van der Waals surface area contributed by atoms with Crippen LogP contribution in [0.3, 0.4) is 0 Å². The summed E-state index contributed by atoms with van der Waals surface area (Å²) in [6.07, 6.45) is 0. The Bertz CT molecular complexity index is 973. The predicted molar refractivity (Wildman–Crippen MR) is 97.4 cm³/mol. The summed E-state index contributed by atoms with van der Waals surface area (Å²) in [6, 6.07) is 10.3. The minimum atomic E-state index is -0.908. The number of rotatable bonds is 5. The van der Waals surface area contributed by atoms with Crippen LogP contribution in [0.1, 0.15) is 10.4 Å². The number of nitro groups is 1. The van der Waals surface area contributed by atoms with Gasteiger partial charge in [-0.1, -0.05) is 12.1 Å². The van der Waals surface area contributed by atoms with Crippen LogP contribution >= 0.6 is 0 Å². The first kappa shape index (κ1) is 18.8. The molecule has 1 aliphatic heterocycles. The predicted octanol–water partition coefficient (Wildman–Crippen LogP) is 1.75. The number of carbonyl (C=O) groups is 3. The summed E-state index contributed by atoms with van der Waals surface area (Å²) >= 11 is 0. The molecule has 0 atom stereocenters. The quantitative estimate of drug-likeness (QED) is 0.472. The van der Waals surface area contributed by atoms with E-state index >= 15 is 0 Å². The highest BCUT2D eigenvalue weighted by atomic mass is 16.6. The molecule has 0 bridgehead atoms. The van der Waals surface area contributed by atoms with Gasteiger partial charge in [0.25, 0.3) is 5.91 Å². The van der Waals surface area contributed by atoms with E-state index in [2.05, 4.69) is 5.32 Å². The standard InChI is InChI=1S/C18H15N3O7/c1-27-15-7-6-11(8-14(15)21(25)26)18(24)28-10-17(23)20-9-16(22)19-12-4-2-3-5-13(12)20/h2-8H,9-10H2,1H3,(H,19,22). The van der Waals surface area contributed by atoms with Gasteiger partial charge < -0.3 is 14.8 Å². The van der Waals surface area contributed by atoms with Gasteiger partial charge in [0.15, 0.2) is 12.4 Å². The average molecular weight is 385 g/mol. The first-order chi connectivity index (χ1) is 13.4. The van der Waals surface area contributed by atoms with Crippen LogP contribution in [0.15, 0.2) is 42.5 Å². The zero-order valence-electron chi connectivity index (χ0n) is 14.7. The highest BCUT2D eigenvalue weighted by Gasteiger charge is 2.27. The zero-order chi connectivity index (χ0) is 20.3. The topological polar surface area (TPSA) is 128 Å². The van der Waals surface area contributed by atoms with E-state index in [1.807, 2.05) is 0 Å². The van der Waals surface area contributed by atoms with Crippen LogP contribution < -0.4 is 15.0 Å². The smallest absolute Gasteiger partial charge is 0.338 e. The summed E-state index contributed by atoms with van der Waals surface area (Å²) in [6.45, 7) is -0.832. The summed E-state index contributed by atoms with van der Waals surface area (Å²) in [7, 11) is 1.27. The SMILES string of the molecule is COc1ccc(C(=O)OCC(=O)N2CC(=O)Nc3ccccc32)cc1[N+](=O)[O-]. The van der Waals surface area contributed by atoms with Crippen LogP contribution in [0.5, 0.6) is 5.75 Å². The third-order valence-electron chi connectivity index (χ3n) is 4.01. The number of ether oxygens (including phenoxy) is 2. The van der Waals surface area contributed by atoms with Gasteiger partial charge in [-0.15, -0.1) is 0 Å². The number of esters is 1. The molecule has 2 amide bonds. The molecule has 1 aliphatic rings. The van der Waals surface area contributed by atoms with Crippen molar-refractivity contribution in [2.75, 3.05) is 30.5 Å². The summed E-state index contributed by atoms with van der Waals surface area (Å²) in [5.41, 5.74) is 0.467. The molecular formula is C18H15N3O7. The molecule has 0 saturated heterocycles. The Kier molecular flexibility index (Phi) is 5.21. The maximum Gasteiger partial charge on any atom is 0.338 e. The highest BCUT2D eigenvalue weighted by molar-refractivity contribution is 6.10. The molecule has 0 radical (unpaired) electrons. The normalized spacial score (nSPS) is 12.6. The first-order valence-electron chi connectivity index (χ1n) is 8.09. The summed E-state index contributed by atoms with van der Waals surface area (Å²) < 4.78 is 9.85. The van der Waals surface area contributed by atoms with Crippen molar-refractivity contribution < 1.29 is 28.8 Å². The van der Waals surface area contributed by atoms with Crippen molar-refractivity contribution in [1.82, 2.24) is 0 Å². The van der Waals surface area contributed by atoms with E-state index < -0.39 is 29.1 Å². The fourth-order valence-corrected chi connectivity index (χ4v) is 2.70. The lowest BCUT2D eigenvalue weighted by molar-refractivity contribution is -0.385. The van der Waals surface area contributed by atoms with Gasteiger partial charge in [-0.3, -0.25) is 24.6 Å². The molecule has 0 spiro atoms. The second-order valence-electron chi connectivity index (χ2n) is 5.77. The molecule has 0 fully saturated rings. The van der Waals surface area contributed by atoms with Gasteiger partial charge in [0.2, 0.25) is 5.91 Å². The van der Waals surface area contributed by atoms with Gasteiger partial charge in [0, 0.05) is 6.07 Å². The second-order valence-corrected chi connectivity index (χ2v) is 5.77. The van der Waals surface area contributed by atoms with Gasteiger partial charge in [-0.05, 0) is 24.3 Å². The molecule has 2 aromatic carbocycles. The second kappa shape index (κ2) is 7.74. The average Bonchev–Trinajstić information content (AvgIpc) is 2.70. The van der Waals surface area contributed by atoms with Crippen molar-refractivity contribution in [2.45, 2.75) is 0 Å². The van der Waals surface area contributed by atoms with Crippen molar-refractivity contribution >= 4 is 34.8 Å². The number of methoxy groups -OCH3 is 1. The van der Waals surface area contributed by atoms with E-state index in [-0.39, 0.29) is 23.8 Å². The maximum absolute atomic E-state index is 12.5. The van der Waals surface area contributed by atoms with Crippen molar-refractivity contribution in [2.24, 2.45) is 0 Å². The lowest BCUT2D eigenvalue weighted by atomic mass is 10.2. The number of amides is 2. The number of anilines is 2. The molecule has 1 N–H and O–H groups in total. The lowest BCUT2D eigenvalue weighted by Crippen LogP contribution is -2.44. The molecule has 0 saturated carbocycles. The van der Waals surface area contributed by atoms with Crippen molar-refractivity contribution in [1.29, 1.82) is 0 Å². The fraction of sp³-hybridized carbons (Fsp3) is 0.167. The van der Waals surface area contributed by atoms with E-state index in [9.17, 15) is 24.5 Å². The monoisotopic (exact) mass is 385 g/mol. The maximum atomic E-state index is 12.5. The fourth-order valence-electron chi connectivity index (χ4n) is 2.70. The van der Waals surface area contributed by atoms with Crippen molar-refractivity contribution in [3.63, 3.8) is 0 Å². The van der Waals surface area contributed by atoms with Crippen molar-refractivity contribution in [3.8, 4) is 5.75 Å². The van der Waals surface area contributed by atoms with Crippen LogP contribution in [0, 0.1) is 10.1 Å². The Morgan fingerprint density at radius 2 is 2.00 bits per heavy atom. The Hall–Kier alpha value is -3.95. The minimum absolute atomic E-state index is 0.00596. The molecule has 10 nitrogen and oxygen atoms in total. The van der Waals surface area contributed by atoms with Gasteiger partial charge in [0.05, 0.1) is 29.0 Å². The summed E-state index contributed by atoms with van der Waals surface area (Å²) in [4.78, 5) is 48.0. The Balaban J connectivity index is 1.72. The third-order valence-corrected chi connectivity index (χ3v) is 4.01. The van der Waals surface area contributed by atoms with Crippen LogP contribution in [0.4, 0.5) is 17.1 Å².